The van der Waals surface area contributed by atoms with Gasteiger partial charge in [0.25, 0.3) is 0 Å². The lowest BCUT2D eigenvalue weighted by atomic mass is 9.96. The van der Waals surface area contributed by atoms with E-state index in [9.17, 15) is 0 Å². The lowest BCUT2D eigenvalue weighted by Gasteiger charge is -2.32. The van der Waals surface area contributed by atoms with Gasteiger partial charge in [-0.1, -0.05) is 0 Å². The van der Waals surface area contributed by atoms with E-state index >= 15 is 0 Å². The number of likely N-dealkylation sites (N-methyl/N-ethyl adjacent to an activating group) is 1. The van der Waals surface area contributed by atoms with Gasteiger partial charge in [0.05, 0.1) is 11.9 Å². The van der Waals surface area contributed by atoms with Crippen LogP contribution in [0.3, 0.4) is 0 Å². The monoisotopic (exact) mass is 217 g/mol. The minimum atomic E-state index is 0.735. The lowest BCUT2D eigenvalue weighted by molar-refractivity contribution is 0.169. The second-order valence-electron chi connectivity index (χ2n) is 5.15. The molecule has 3 aliphatic rings. The third kappa shape index (κ3) is 1.80. The molecule has 0 radical (unpaired) electrons. The first-order valence-corrected chi connectivity index (χ1v) is 6.18. The number of nitrogens with zero attached hydrogens (tertiary/aromatic N) is 3. The largest absolute Gasteiger partial charge is 0.368 e. The number of aromatic nitrogens is 1. The van der Waals surface area contributed by atoms with Gasteiger partial charge >= 0.3 is 0 Å². The Morgan fingerprint density at radius 2 is 2.19 bits per heavy atom. The van der Waals surface area contributed by atoms with Crippen molar-refractivity contribution in [2.24, 2.45) is 5.92 Å². The van der Waals surface area contributed by atoms with Crippen molar-refractivity contribution in [3.8, 4) is 0 Å². The van der Waals surface area contributed by atoms with Gasteiger partial charge in [-0.05, 0) is 37.9 Å². The summed E-state index contributed by atoms with van der Waals surface area (Å²) in [7, 11) is 2.27. The van der Waals surface area contributed by atoms with Crippen LogP contribution in [-0.4, -0.2) is 42.6 Å². The Kier molecular flexibility index (Phi) is 2.56. The minimum Gasteiger partial charge on any atom is -0.368 e. The maximum atomic E-state index is 4.22. The standard InChI is InChI=1S/C13H19N3/c1-15-8-11-4-5-13(15)10-16(9-11)12-3-2-6-14-7-12/h2-3,6-7,11,13H,4-5,8-10H2,1H3. The summed E-state index contributed by atoms with van der Waals surface area (Å²) in [6.45, 7) is 3.63. The summed E-state index contributed by atoms with van der Waals surface area (Å²) < 4.78 is 0. The zero-order chi connectivity index (χ0) is 11.0. The maximum Gasteiger partial charge on any atom is 0.0553 e. The Morgan fingerprint density at radius 1 is 1.25 bits per heavy atom. The Hall–Kier alpha value is -1.09. The van der Waals surface area contributed by atoms with Crippen LogP contribution >= 0.6 is 0 Å². The molecule has 0 aliphatic carbocycles. The van der Waals surface area contributed by atoms with Gasteiger partial charge in [0.15, 0.2) is 0 Å². The molecule has 3 saturated heterocycles. The van der Waals surface area contributed by atoms with Crippen LogP contribution in [0.4, 0.5) is 5.69 Å². The fraction of sp³-hybridized carbons (Fsp3) is 0.615. The van der Waals surface area contributed by atoms with Crippen LogP contribution in [0.15, 0.2) is 24.5 Å². The first-order chi connectivity index (χ1) is 7.83. The van der Waals surface area contributed by atoms with E-state index < -0.39 is 0 Å². The molecule has 3 aliphatic heterocycles. The molecular formula is C13H19N3. The Morgan fingerprint density at radius 3 is 2.94 bits per heavy atom. The van der Waals surface area contributed by atoms with E-state index in [1.165, 1.54) is 38.2 Å². The van der Waals surface area contributed by atoms with Crippen LogP contribution in [0.25, 0.3) is 0 Å². The van der Waals surface area contributed by atoms with Crippen LogP contribution < -0.4 is 4.90 Å². The predicted molar refractivity (Wildman–Crippen MR) is 65.6 cm³/mol. The molecular weight excluding hydrogens is 198 g/mol. The van der Waals surface area contributed by atoms with Crippen molar-refractivity contribution in [2.75, 3.05) is 31.6 Å². The van der Waals surface area contributed by atoms with E-state index in [1.807, 2.05) is 18.5 Å². The number of anilines is 1. The highest BCUT2D eigenvalue weighted by Gasteiger charge is 2.32. The molecule has 4 rings (SSSR count). The quantitative estimate of drug-likeness (QED) is 0.712. The topological polar surface area (TPSA) is 19.4 Å². The van der Waals surface area contributed by atoms with Gasteiger partial charge in [-0.2, -0.15) is 0 Å². The molecule has 3 fully saturated rings. The Bertz CT molecular complexity index is 351. The van der Waals surface area contributed by atoms with E-state index in [2.05, 4.69) is 27.9 Å². The average molecular weight is 217 g/mol. The van der Waals surface area contributed by atoms with E-state index in [1.54, 1.807) is 0 Å². The summed E-state index contributed by atoms with van der Waals surface area (Å²) in [5.41, 5.74) is 1.29. The molecule has 86 valence electrons. The Labute approximate surface area is 97.1 Å². The summed E-state index contributed by atoms with van der Waals surface area (Å²) in [6.07, 6.45) is 6.59. The van der Waals surface area contributed by atoms with Crippen LogP contribution in [0.2, 0.25) is 0 Å². The number of hydrogen-bond donors (Lipinski definition) is 0. The molecule has 2 unspecified atom stereocenters. The van der Waals surface area contributed by atoms with Crippen LogP contribution in [-0.2, 0) is 0 Å². The average Bonchev–Trinajstić information content (AvgIpc) is 2.61. The fourth-order valence-corrected chi connectivity index (χ4v) is 3.07. The summed E-state index contributed by atoms with van der Waals surface area (Å²) in [5, 5.41) is 0. The number of piperidine rings is 1. The van der Waals surface area contributed by atoms with E-state index in [4.69, 9.17) is 0 Å². The predicted octanol–water partition coefficient (Wildman–Crippen LogP) is 1.61. The molecule has 3 nitrogen and oxygen atoms in total. The van der Waals surface area contributed by atoms with Gasteiger partial charge < -0.3 is 9.80 Å². The van der Waals surface area contributed by atoms with E-state index in [-0.39, 0.29) is 0 Å². The van der Waals surface area contributed by atoms with Crippen molar-refractivity contribution in [3.05, 3.63) is 24.5 Å². The highest BCUT2D eigenvalue weighted by atomic mass is 15.2. The molecule has 1 aromatic rings. The maximum absolute atomic E-state index is 4.22. The minimum absolute atomic E-state index is 0.735. The van der Waals surface area contributed by atoms with Gasteiger partial charge in [-0.15, -0.1) is 0 Å². The zero-order valence-corrected chi connectivity index (χ0v) is 9.84. The van der Waals surface area contributed by atoms with Gasteiger partial charge in [-0.3, -0.25) is 4.98 Å². The van der Waals surface area contributed by atoms with Gasteiger partial charge in [0.1, 0.15) is 0 Å². The number of hydrogen-bond acceptors (Lipinski definition) is 3. The fourth-order valence-electron chi connectivity index (χ4n) is 3.07. The smallest absolute Gasteiger partial charge is 0.0553 e. The first-order valence-electron chi connectivity index (χ1n) is 6.18. The molecule has 0 saturated carbocycles. The van der Waals surface area contributed by atoms with E-state index in [0.717, 1.165) is 12.0 Å². The molecule has 16 heavy (non-hydrogen) atoms. The molecule has 0 N–H and O–H groups in total. The summed E-state index contributed by atoms with van der Waals surface area (Å²) in [6, 6.07) is 4.95. The highest BCUT2D eigenvalue weighted by molar-refractivity contribution is 5.44. The number of fused-ring (bicyclic) bond motifs is 4. The summed E-state index contributed by atoms with van der Waals surface area (Å²) in [5.74, 6) is 0.837. The first kappa shape index (κ1) is 10.1. The van der Waals surface area contributed by atoms with Crippen molar-refractivity contribution in [3.63, 3.8) is 0 Å². The Balaban J connectivity index is 1.83. The van der Waals surface area contributed by atoms with Gasteiger partial charge in [-0.25, -0.2) is 0 Å². The number of pyridine rings is 1. The SMILES string of the molecule is CN1CC2CCC1CN(c1cccnc1)C2. The zero-order valence-electron chi connectivity index (χ0n) is 9.84. The molecule has 3 heteroatoms. The van der Waals surface area contributed by atoms with Gasteiger partial charge in [0.2, 0.25) is 0 Å². The lowest BCUT2D eigenvalue weighted by Crippen LogP contribution is -2.41. The van der Waals surface area contributed by atoms with Crippen molar-refractivity contribution in [1.82, 2.24) is 9.88 Å². The molecule has 0 spiro atoms. The van der Waals surface area contributed by atoms with Crippen LogP contribution in [0.1, 0.15) is 12.8 Å². The summed E-state index contributed by atoms with van der Waals surface area (Å²) >= 11 is 0. The van der Waals surface area contributed by atoms with Crippen molar-refractivity contribution >= 4 is 5.69 Å². The third-order valence-electron chi connectivity index (χ3n) is 4.00. The van der Waals surface area contributed by atoms with Crippen molar-refractivity contribution in [1.29, 1.82) is 0 Å². The number of rotatable bonds is 1. The van der Waals surface area contributed by atoms with Crippen molar-refractivity contribution in [2.45, 2.75) is 18.9 Å². The molecule has 0 amide bonds. The highest BCUT2D eigenvalue weighted by Crippen LogP contribution is 2.29. The second kappa shape index (κ2) is 4.06. The molecule has 0 aromatic carbocycles. The molecule has 1 aromatic heterocycles. The molecule has 4 heterocycles. The normalized spacial score (nSPS) is 30.4. The van der Waals surface area contributed by atoms with Crippen molar-refractivity contribution < 1.29 is 0 Å². The van der Waals surface area contributed by atoms with Crippen LogP contribution in [0.5, 0.6) is 0 Å². The second-order valence-corrected chi connectivity index (χ2v) is 5.15. The van der Waals surface area contributed by atoms with Gasteiger partial charge in [0, 0.05) is 31.9 Å². The summed E-state index contributed by atoms with van der Waals surface area (Å²) in [4.78, 5) is 9.27. The third-order valence-corrected chi connectivity index (χ3v) is 4.00. The van der Waals surface area contributed by atoms with E-state index in [0.29, 0.717) is 0 Å². The molecule has 2 atom stereocenters. The van der Waals surface area contributed by atoms with Crippen LogP contribution in [0, 0.1) is 5.92 Å². The molecule has 2 bridgehead atoms.